The Bertz CT molecular complexity index is 3650. The Morgan fingerprint density at radius 1 is 0.375 bits per heavy atom. The van der Waals surface area contributed by atoms with Crippen LogP contribution in [0.1, 0.15) is 0 Å². The number of nitrogens with zero attached hydrogens (tertiary/aromatic N) is 5. The Balaban J connectivity index is 0.967. The van der Waals surface area contributed by atoms with E-state index >= 15 is 0 Å². The maximum Gasteiger partial charge on any atom is 0.0973 e. The minimum atomic E-state index is 0.845. The minimum Gasteiger partial charge on any atom is -0.309 e. The summed E-state index contributed by atoms with van der Waals surface area (Å²) in [4.78, 5) is 17.5. The largest absolute Gasteiger partial charge is 0.309 e. The molecule has 12 aromatic rings. The second kappa shape index (κ2) is 15.7. The summed E-state index contributed by atoms with van der Waals surface area (Å²) < 4.78 is 2.38. The fraction of sp³-hybridized carbons (Fsp3) is 0. The number of fused-ring (bicyclic) bond motifs is 5. The van der Waals surface area contributed by atoms with Crippen molar-refractivity contribution in [3.05, 3.63) is 237 Å². The van der Waals surface area contributed by atoms with E-state index in [1.807, 2.05) is 54.7 Å². The molecule has 0 radical (unpaired) electrons. The van der Waals surface area contributed by atoms with Crippen LogP contribution in [0.2, 0.25) is 0 Å². The van der Waals surface area contributed by atoms with Crippen LogP contribution >= 0.6 is 0 Å². The average Bonchev–Trinajstić information content (AvgIpc) is 3.71. The summed E-state index contributed by atoms with van der Waals surface area (Å²) >= 11 is 0. The van der Waals surface area contributed by atoms with Crippen molar-refractivity contribution in [2.24, 2.45) is 0 Å². The number of anilines is 3. The minimum absolute atomic E-state index is 0.845. The number of hydrogen-bond donors (Lipinski definition) is 0. The van der Waals surface area contributed by atoms with E-state index in [4.69, 9.17) is 15.0 Å². The highest BCUT2D eigenvalue weighted by Crippen LogP contribution is 2.42. The van der Waals surface area contributed by atoms with Crippen LogP contribution in [-0.2, 0) is 0 Å². The summed E-state index contributed by atoms with van der Waals surface area (Å²) in [5, 5.41) is 3.51. The quantitative estimate of drug-likeness (QED) is 0.153. The Morgan fingerprint density at radius 3 is 1.64 bits per heavy atom. The fourth-order valence-electron chi connectivity index (χ4n) is 9.24. The lowest BCUT2D eigenvalue weighted by atomic mass is 9.94. The van der Waals surface area contributed by atoms with Crippen molar-refractivity contribution in [3.8, 4) is 50.5 Å². The van der Waals surface area contributed by atoms with Crippen LogP contribution in [0.3, 0.4) is 0 Å². The molecule has 0 atom stereocenters. The number of para-hydroxylation sites is 4. The zero-order valence-corrected chi connectivity index (χ0v) is 34.8. The van der Waals surface area contributed by atoms with Gasteiger partial charge in [0.25, 0.3) is 0 Å². The molecular formula is C59H39N5. The normalized spacial score (nSPS) is 11.4. The van der Waals surface area contributed by atoms with E-state index in [0.29, 0.717) is 0 Å². The van der Waals surface area contributed by atoms with Gasteiger partial charge in [0.2, 0.25) is 0 Å². The van der Waals surface area contributed by atoms with Gasteiger partial charge in [0.1, 0.15) is 0 Å². The van der Waals surface area contributed by atoms with Gasteiger partial charge < -0.3 is 9.47 Å². The molecule has 0 bridgehead atoms. The molecule has 0 saturated carbocycles. The third kappa shape index (κ3) is 6.46. The van der Waals surface area contributed by atoms with E-state index in [0.717, 1.165) is 78.2 Å². The van der Waals surface area contributed by atoms with E-state index < -0.39 is 0 Å². The summed E-state index contributed by atoms with van der Waals surface area (Å²) in [6.45, 7) is 0. The third-order valence-corrected chi connectivity index (χ3v) is 12.2. The SMILES string of the molecule is c1ccc(-c2ccccc2-c2ccc3c(c2)c2ccccc2n3-c2ccc(N(c3ccc(-c4nc5ccccc5nc4-c4ccccc4)cc3)c3cccc4cccnc34)cc2)cc1. The molecular weight excluding hydrogens is 779 g/mol. The van der Waals surface area contributed by atoms with Crippen molar-refractivity contribution in [2.75, 3.05) is 4.90 Å². The van der Waals surface area contributed by atoms with Gasteiger partial charge in [-0.15, -0.1) is 0 Å². The predicted molar refractivity (Wildman–Crippen MR) is 266 cm³/mol. The summed E-state index contributed by atoms with van der Waals surface area (Å²) in [7, 11) is 0. The highest BCUT2D eigenvalue weighted by Gasteiger charge is 2.20. The van der Waals surface area contributed by atoms with Crippen LogP contribution in [-0.4, -0.2) is 19.5 Å². The summed E-state index contributed by atoms with van der Waals surface area (Å²) in [5.41, 5.74) is 17.7. The molecule has 0 N–H and O–H groups in total. The molecule has 0 aliphatic rings. The number of rotatable bonds is 8. The van der Waals surface area contributed by atoms with E-state index in [2.05, 4.69) is 191 Å². The molecule has 0 amide bonds. The topological polar surface area (TPSA) is 46.8 Å². The number of hydrogen-bond acceptors (Lipinski definition) is 4. The molecule has 3 heterocycles. The van der Waals surface area contributed by atoms with E-state index in [1.165, 1.54) is 33.0 Å². The Kier molecular flexibility index (Phi) is 9.08. The predicted octanol–water partition coefficient (Wildman–Crippen LogP) is 15.4. The molecule has 5 nitrogen and oxygen atoms in total. The average molecular weight is 818 g/mol. The van der Waals surface area contributed by atoms with Crippen LogP contribution in [0.4, 0.5) is 17.1 Å². The zero-order chi connectivity index (χ0) is 42.4. The van der Waals surface area contributed by atoms with E-state index in [-0.39, 0.29) is 0 Å². The molecule has 12 rings (SSSR count). The van der Waals surface area contributed by atoms with Gasteiger partial charge in [0, 0.05) is 50.5 Å². The van der Waals surface area contributed by atoms with Gasteiger partial charge in [0.05, 0.1) is 44.7 Å². The molecule has 3 aromatic heterocycles. The van der Waals surface area contributed by atoms with Gasteiger partial charge in [-0.1, -0.05) is 152 Å². The first kappa shape index (κ1) is 37.1. The van der Waals surface area contributed by atoms with Crippen LogP contribution < -0.4 is 4.90 Å². The first-order valence-electron chi connectivity index (χ1n) is 21.6. The fourth-order valence-corrected chi connectivity index (χ4v) is 9.24. The summed E-state index contributed by atoms with van der Waals surface area (Å²) in [6, 6.07) is 81.4. The van der Waals surface area contributed by atoms with Crippen LogP contribution in [0, 0.1) is 0 Å². The smallest absolute Gasteiger partial charge is 0.0973 e. The molecule has 0 aliphatic carbocycles. The number of aromatic nitrogens is 4. The second-order valence-electron chi connectivity index (χ2n) is 16.0. The van der Waals surface area contributed by atoms with Gasteiger partial charge in [-0.2, -0.15) is 0 Å². The van der Waals surface area contributed by atoms with Gasteiger partial charge in [-0.3, -0.25) is 4.98 Å². The highest BCUT2D eigenvalue weighted by molar-refractivity contribution is 6.11. The lowest BCUT2D eigenvalue weighted by Gasteiger charge is -2.27. The van der Waals surface area contributed by atoms with Crippen LogP contribution in [0.5, 0.6) is 0 Å². The molecule has 9 aromatic carbocycles. The lowest BCUT2D eigenvalue weighted by Crippen LogP contribution is -2.11. The monoisotopic (exact) mass is 817 g/mol. The summed E-state index contributed by atoms with van der Waals surface area (Å²) in [5.74, 6) is 0. The van der Waals surface area contributed by atoms with Crippen molar-refractivity contribution in [1.29, 1.82) is 0 Å². The summed E-state index contributed by atoms with van der Waals surface area (Å²) in [6.07, 6.45) is 1.87. The Labute approximate surface area is 370 Å². The molecule has 300 valence electrons. The van der Waals surface area contributed by atoms with Gasteiger partial charge >= 0.3 is 0 Å². The number of pyridine rings is 1. The Hall–Kier alpha value is -8.67. The van der Waals surface area contributed by atoms with E-state index in [9.17, 15) is 0 Å². The molecule has 0 spiro atoms. The lowest BCUT2D eigenvalue weighted by molar-refractivity contribution is 1.17. The van der Waals surface area contributed by atoms with Gasteiger partial charge in [0.15, 0.2) is 0 Å². The highest BCUT2D eigenvalue weighted by atomic mass is 15.1. The second-order valence-corrected chi connectivity index (χ2v) is 16.0. The van der Waals surface area contributed by atoms with E-state index in [1.54, 1.807) is 0 Å². The standard InChI is InChI=1S/C59H39N5/c1-3-15-40(16-4-1)48-21-7-8-22-49(48)44-30-37-55-51(39-44)50-23-9-12-26-54(50)64(55)47-35-33-46(34-36-47)63(56-27-13-19-41-20-14-38-60-57(41)56)45-31-28-43(29-32-45)59-58(42-17-5-2-6-18-42)61-52-24-10-11-25-53(52)62-59/h1-39H. The van der Waals surface area contributed by atoms with Crippen molar-refractivity contribution < 1.29 is 0 Å². The molecule has 0 unspecified atom stereocenters. The molecule has 5 heteroatoms. The molecule has 64 heavy (non-hydrogen) atoms. The number of benzene rings is 9. The van der Waals surface area contributed by atoms with Crippen molar-refractivity contribution in [2.45, 2.75) is 0 Å². The van der Waals surface area contributed by atoms with Gasteiger partial charge in [-0.05, 0) is 101 Å². The van der Waals surface area contributed by atoms with Crippen molar-refractivity contribution in [1.82, 2.24) is 19.5 Å². The van der Waals surface area contributed by atoms with Crippen molar-refractivity contribution in [3.63, 3.8) is 0 Å². The molecule has 0 saturated heterocycles. The maximum absolute atomic E-state index is 5.18. The Morgan fingerprint density at radius 2 is 0.922 bits per heavy atom. The third-order valence-electron chi connectivity index (χ3n) is 12.2. The molecule has 0 aliphatic heterocycles. The maximum atomic E-state index is 5.18. The first-order chi connectivity index (χ1) is 31.7. The van der Waals surface area contributed by atoms with Crippen molar-refractivity contribution >= 4 is 60.8 Å². The van der Waals surface area contributed by atoms with Crippen LogP contribution in [0.25, 0.3) is 94.2 Å². The van der Waals surface area contributed by atoms with Crippen LogP contribution in [0.15, 0.2) is 237 Å². The molecule has 0 fully saturated rings. The van der Waals surface area contributed by atoms with Gasteiger partial charge in [-0.25, -0.2) is 9.97 Å². The zero-order valence-electron chi connectivity index (χ0n) is 34.8. The first-order valence-corrected chi connectivity index (χ1v) is 21.6.